The molecular formula is C11H16N2O5. The van der Waals surface area contributed by atoms with Gasteiger partial charge in [0.1, 0.15) is 0 Å². The van der Waals surface area contributed by atoms with E-state index in [9.17, 15) is 15.2 Å². The molecule has 1 rings (SSSR count). The van der Waals surface area contributed by atoms with E-state index in [0.29, 0.717) is 5.56 Å². The molecule has 0 spiro atoms. The van der Waals surface area contributed by atoms with Crippen molar-refractivity contribution in [2.24, 2.45) is 0 Å². The Balaban J connectivity index is 2.46. The summed E-state index contributed by atoms with van der Waals surface area (Å²) in [6.45, 7) is 0.00996. The van der Waals surface area contributed by atoms with Crippen LogP contribution in [0.3, 0.4) is 0 Å². The minimum atomic E-state index is -0.867. The highest BCUT2D eigenvalue weighted by atomic mass is 16.6. The molecule has 0 aromatic heterocycles. The summed E-state index contributed by atoms with van der Waals surface area (Å²) in [5.41, 5.74) is 0.515. The van der Waals surface area contributed by atoms with E-state index in [-0.39, 0.29) is 25.4 Å². The topological polar surface area (TPSA) is 116 Å². The number of nitrogens with zero attached hydrogens (tertiary/aromatic N) is 1. The molecule has 0 aliphatic rings. The maximum Gasteiger partial charge on any atom is 0.269 e. The molecule has 0 radical (unpaired) electrons. The van der Waals surface area contributed by atoms with Gasteiger partial charge in [-0.15, -0.1) is 0 Å². The van der Waals surface area contributed by atoms with Gasteiger partial charge in [-0.3, -0.25) is 10.1 Å². The molecule has 18 heavy (non-hydrogen) atoms. The van der Waals surface area contributed by atoms with Gasteiger partial charge in [0.15, 0.2) is 0 Å². The summed E-state index contributed by atoms with van der Waals surface area (Å²) < 4.78 is 0. The van der Waals surface area contributed by atoms with Crippen molar-refractivity contribution in [1.82, 2.24) is 5.32 Å². The van der Waals surface area contributed by atoms with E-state index < -0.39 is 17.1 Å². The number of hydrogen-bond acceptors (Lipinski definition) is 6. The molecule has 0 saturated heterocycles. The molecule has 0 aliphatic carbocycles. The molecule has 0 fully saturated rings. The Morgan fingerprint density at radius 2 is 1.83 bits per heavy atom. The van der Waals surface area contributed by atoms with Crippen LogP contribution in [0.5, 0.6) is 0 Å². The van der Waals surface area contributed by atoms with Crippen LogP contribution in [0.25, 0.3) is 0 Å². The minimum absolute atomic E-state index is 0.0328. The van der Waals surface area contributed by atoms with Crippen molar-refractivity contribution >= 4 is 5.69 Å². The van der Waals surface area contributed by atoms with Crippen LogP contribution in [-0.2, 0) is 0 Å². The van der Waals surface area contributed by atoms with E-state index in [1.165, 1.54) is 24.3 Å². The second-order valence-electron chi connectivity index (χ2n) is 3.86. The monoisotopic (exact) mass is 256 g/mol. The van der Waals surface area contributed by atoms with E-state index >= 15 is 0 Å². The van der Waals surface area contributed by atoms with Crippen LogP contribution in [-0.4, -0.2) is 46.0 Å². The summed E-state index contributed by atoms with van der Waals surface area (Å²) in [5.74, 6) is 0. The van der Waals surface area contributed by atoms with Crippen LogP contribution >= 0.6 is 0 Å². The predicted molar refractivity (Wildman–Crippen MR) is 64.0 cm³/mol. The third-order valence-corrected chi connectivity index (χ3v) is 2.42. The van der Waals surface area contributed by atoms with Crippen LogP contribution in [0.1, 0.15) is 11.7 Å². The van der Waals surface area contributed by atoms with Crippen molar-refractivity contribution in [3.8, 4) is 0 Å². The lowest BCUT2D eigenvalue weighted by Gasteiger charge is -2.13. The van der Waals surface area contributed by atoms with Gasteiger partial charge < -0.3 is 20.6 Å². The maximum atomic E-state index is 10.4. The quantitative estimate of drug-likeness (QED) is 0.388. The average molecular weight is 256 g/mol. The van der Waals surface area contributed by atoms with Gasteiger partial charge in [-0.05, 0) is 17.7 Å². The SMILES string of the molecule is O=[N+]([O-])c1ccc([C@H](O)CNC[C@H](O)CO)cc1. The third kappa shape index (κ3) is 4.38. The van der Waals surface area contributed by atoms with Gasteiger partial charge in [0.05, 0.1) is 23.7 Å². The molecule has 100 valence electrons. The molecule has 0 amide bonds. The molecule has 1 aromatic carbocycles. The number of benzene rings is 1. The Morgan fingerprint density at radius 3 is 2.33 bits per heavy atom. The minimum Gasteiger partial charge on any atom is -0.394 e. The molecule has 0 heterocycles. The van der Waals surface area contributed by atoms with E-state index in [4.69, 9.17) is 10.2 Å². The Kier molecular flexibility index (Phi) is 5.66. The summed E-state index contributed by atoms with van der Waals surface area (Å²) in [7, 11) is 0. The van der Waals surface area contributed by atoms with Crippen LogP contribution in [0.15, 0.2) is 24.3 Å². The number of rotatable bonds is 7. The average Bonchev–Trinajstić information content (AvgIpc) is 2.38. The summed E-state index contributed by atoms with van der Waals surface area (Å²) in [6.07, 6.45) is -1.69. The van der Waals surface area contributed by atoms with Crippen LogP contribution in [0.2, 0.25) is 0 Å². The third-order valence-electron chi connectivity index (χ3n) is 2.42. The highest BCUT2D eigenvalue weighted by molar-refractivity contribution is 5.33. The normalized spacial score (nSPS) is 14.2. The first-order valence-corrected chi connectivity index (χ1v) is 5.46. The fraction of sp³-hybridized carbons (Fsp3) is 0.455. The molecular weight excluding hydrogens is 240 g/mol. The standard InChI is InChI=1S/C11H16N2O5/c14-7-10(15)5-12-6-11(16)8-1-3-9(4-2-8)13(17)18/h1-4,10-12,14-16H,5-7H2/t10-,11+/m0/s1. The smallest absolute Gasteiger partial charge is 0.269 e. The highest BCUT2D eigenvalue weighted by Crippen LogP contribution is 2.17. The van der Waals surface area contributed by atoms with E-state index in [0.717, 1.165) is 0 Å². The van der Waals surface area contributed by atoms with Gasteiger partial charge in [0.25, 0.3) is 5.69 Å². The summed E-state index contributed by atoms with van der Waals surface area (Å²) in [5, 5.41) is 40.6. The van der Waals surface area contributed by atoms with Gasteiger partial charge in [0, 0.05) is 25.2 Å². The van der Waals surface area contributed by atoms with Gasteiger partial charge in [-0.2, -0.15) is 0 Å². The second-order valence-corrected chi connectivity index (χ2v) is 3.86. The molecule has 1 aromatic rings. The van der Waals surface area contributed by atoms with Crippen molar-refractivity contribution in [2.75, 3.05) is 19.7 Å². The molecule has 0 saturated carbocycles. The molecule has 2 atom stereocenters. The van der Waals surface area contributed by atoms with Gasteiger partial charge in [-0.25, -0.2) is 0 Å². The summed E-state index contributed by atoms with van der Waals surface area (Å²) >= 11 is 0. The molecule has 4 N–H and O–H groups in total. The highest BCUT2D eigenvalue weighted by Gasteiger charge is 2.10. The lowest BCUT2D eigenvalue weighted by Crippen LogP contribution is -2.32. The summed E-state index contributed by atoms with van der Waals surface area (Å²) in [6, 6.07) is 5.60. The van der Waals surface area contributed by atoms with Crippen LogP contribution in [0.4, 0.5) is 5.69 Å². The Bertz CT molecular complexity index is 382. The number of nitro benzene ring substituents is 1. The summed E-state index contributed by atoms with van der Waals surface area (Å²) in [4.78, 5) is 9.93. The van der Waals surface area contributed by atoms with Gasteiger partial charge in [-0.1, -0.05) is 0 Å². The molecule has 7 heteroatoms. The number of nitrogens with one attached hydrogen (secondary N) is 1. The first-order chi connectivity index (χ1) is 8.54. The number of non-ortho nitro benzene ring substituents is 1. The maximum absolute atomic E-state index is 10.4. The second kappa shape index (κ2) is 7.02. The number of aliphatic hydroxyl groups excluding tert-OH is 3. The van der Waals surface area contributed by atoms with Crippen molar-refractivity contribution < 1.29 is 20.2 Å². The van der Waals surface area contributed by atoms with E-state index in [1.807, 2.05) is 0 Å². The molecule has 0 unspecified atom stereocenters. The first kappa shape index (κ1) is 14.5. The van der Waals surface area contributed by atoms with Gasteiger partial charge in [0.2, 0.25) is 0 Å². The van der Waals surface area contributed by atoms with E-state index in [1.54, 1.807) is 0 Å². The zero-order valence-electron chi connectivity index (χ0n) is 9.69. The zero-order valence-corrected chi connectivity index (χ0v) is 9.69. The fourth-order valence-electron chi connectivity index (χ4n) is 1.39. The van der Waals surface area contributed by atoms with E-state index in [2.05, 4.69) is 5.32 Å². The number of nitro groups is 1. The van der Waals surface area contributed by atoms with Crippen molar-refractivity contribution in [3.63, 3.8) is 0 Å². The molecule has 0 bridgehead atoms. The van der Waals surface area contributed by atoms with Crippen molar-refractivity contribution in [2.45, 2.75) is 12.2 Å². The Hall–Kier alpha value is -1.54. The number of hydrogen-bond donors (Lipinski definition) is 4. The molecule has 7 nitrogen and oxygen atoms in total. The zero-order chi connectivity index (χ0) is 13.5. The Morgan fingerprint density at radius 1 is 1.22 bits per heavy atom. The van der Waals surface area contributed by atoms with Gasteiger partial charge >= 0.3 is 0 Å². The number of aliphatic hydroxyl groups is 3. The van der Waals surface area contributed by atoms with Crippen LogP contribution in [0, 0.1) is 10.1 Å². The lowest BCUT2D eigenvalue weighted by atomic mass is 10.1. The Labute approximate surface area is 104 Å². The fourth-order valence-corrected chi connectivity index (χ4v) is 1.39. The predicted octanol–water partition coefficient (Wildman–Crippen LogP) is -0.429. The first-order valence-electron chi connectivity index (χ1n) is 5.46. The van der Waals surface area contributed by atoms with Crippen LogP contribution < -0.4 is 5.32 Å². The molecule has 0 aliphatic heterocycles. The largest absolute Gasteiger partial charge is 0.394 e. The van der Waals surface area contributed by atoms with Crippen molar-refractivity contribution in [1.29, 1.82) is 0 Å². The van der Waals surface area contributed by atoms with Crippen molar-refractivity contribution in [3.05, 3.63) is 39.9 Å². The lowest BCUT2D eigenvalue weighted by molar-refractivity contribution is -0.384.